The summed E-state index contributed by atoms with van der Waals surface area (Å²) in [6, 6.07) is 7.05. The van der Waals surface area contributed by atoms with E-state index in [-0.39, 0.29) is 0 Å². The van der Waals surface area contributed by atoms with Crippen LogP contribution in [0.5, 0.6) is 0 Å². The number of carboxylic acid groups (broad SMARTS) is 1. The van der Waals surface area contributed by atoms with E-state index in [1.54, 1.807) is 18.2 Å². The lowest BCUT2D eigenvalue weighted by molar-refractivity contribution is -0.138. The number of carbonyl (C=O) groups is 2. The fourth-order valence-corrected chi connectivity index (χ4v) is 2.12. The van der Waals surface area contributed by atoms with E-state index in [1.807, 2.05) is 6.07 Å². The van der Waals surface area contributed by atoms with Gasteiger partial charge in [0, 0.05) is 23.9 Å². The number of alkyl halides is 3. The second kappa shape index (κ2) is 7.32. The number of carbonyl (C=O) groups excluding carboxylic acids is 1. The molecule has 0 atom stereocenters. The summed E-state index contributed by atoms with van der Waals surface area (Å²) in [5.74, 6) is -1.99. The van der Waals surface area contributed by atoms with Gasteiger partial charge in [0.2, 0.25) is 5.91 Å². The molecule has 1 aromatic heterocycles. The fourth-order valence-electron chi connectivity index (χ4n) is 1.64. The van der Waals surface area contributed by atoms with Crippen LogP contribution >= 0.6 is 15.9 Å². The molecule has 1 amide bonds. The summed E-state index contributed by atoms with van der Waals surface area (Å²) >= 11 is 3.20. The van der Waals surface area contributed by atoms with Gasteiger partial charge in [-0.1, -0.05) is 12.1 Å². The van der Waals surface area contributed by atoms with Gasteiger partial charge in [-0.25, -0.2) is 4.79 Å². The molecular weight excluding hydrogens is 381 g/mol. The first-order valence-electron chi connectivity index (χ1n) is 6.04. The quantitative estimate of drug-likeness (QED) is 0.821. The van der Waals surface area contributed by atoms with Gasteiger partial charge in [-0.2, -0.15) is 13.2 Å². The van der Waals surface area contributed by atoms with Crippen LogP contribution in [0.1, 0.15) is 26.3 Å². The molecule has 0 saturated heterocycles. The minimum absolute atomic E-state index is 0.410. The van der Waals surface area contributed by atoms with Gasteiger partial charge in [0.25, 0.3) is 0 Å². The topological polar surface area (TPSA) is 85.3 Å². The second-order valence-corrected chi connectivity index (χ2v) is 5.25. The van der Waals surface area contributed by atoms with Crippen LogP contribution in [0.25, 0.3) is 0 Å². The predicted molar refractivity (Wildman–Crippen MR) is 80.0 cm³/mol. The first kappa shape index (κ1) is 18.8. The van der Waals surface area contributed by atoms with Crippen LogP contribution < -0.4 is 5.73 Å². The number of nitrogens with zero attached hydrogens (tertiary/aromatic N) is 1. The number of rotatable bonds is 2. The van der Waals surface area contributed by atoms with Gasteiger partial charge in [0.1, 0.15) is 0 Å². The Morgan fingerprint density at radius 2 is 1.74 bits per heavy atom. The monoisotopic (exact) mass is 392 g/mol. The molecule has 0 unspecified atom stereocenters. The van der Waals surface area contributed by atoms with Crippen LogP contribution in [0.4, 0.5) is 13.2 Å². The highest BCUT2D eigenvalue weighted by molar-refractivity contribution is 9.10. The van der Waals surface area contributed by atoms with Crippen LogP contribution in [0.15, 0.2) is 41.1 Å². The van der Waals surface area contributed by atoms with E-state index in [1.165, 1.54) is 7.05 Å². The first-order chi connectivity index (χ1) is 10.5. The number of nitrogens with two attached hydrogens (primary N) is 1. The molecule has 1 heterocycles. The van der Waals surface area contributed by atoms with E-state index >= 15 is 0 Å². The van der Waals surface area contributed by atoms with Crippen LogP contribution in [0.3, 0.4) is 0 Å². The number of aryl methyl sites for hydroxylation is 1. The van der Waals surface area contributed by atoms with E-state index in [0.29, 0.717) is 5.56 Å². The van der Waals surface area contributed by atoms with Crippen molar-refractivity contribution in [1.82, 2.24) is 4.57 Å². The zero-order valence-corrected chi connectivity index (χ0v) is 13.4. The first-order valence-corrected chi connectivity index (χ1v) is 6.84. The third-order valence-electron chi connectivity index (χ3n) is 2.63. The summed E-state index contributed by atoms with van der Waals surface area (Å²) in [7, 11) is 1.34. The van der Waals surface area contributed by atoms with E-state index in [0.717, 1.165) is 21.4 Å². The van der Waals surface area contributed by atoms with Crippen molar-refractivity contribution in [2.24, 2.45) is 12.8 Å². The van der Waals surface area contributed by atoms with Gasteiger partial charge in [0.05, 0.1) is 16.7 Å². The number of hydrogen-bond donors (Lipinski definition) is 2. The molecule has 23 heavy (non-hydrogen) atoms. The Hall–Kier alpha value is -2.29. The molecule has 0 fully saturated rings. The highest BCUT2D eigenvalue weighted by atomic mass is 79.9. The molecule has 0 spiro atoms. The van der Waals surface area contributed by atoms with Crippen molar-refractivity contribution in [3.05, 3.63) is 57.8 Å². The molecule has 0 aliphatic rings. The van der Waals surface area contributed by atoms with Crippen molar-refractivity contribution in [2.75, 3.05) is 0 Å². The number of primary amides is 1. The SMILES string of the molecule is Cn1cc(C(=O)O)c(C(F)(F)F)c1.NC(=O)c1ccccc1Br. The largest absolute Gasteiger partial charge is 0.478 e. The van der Waals surface area contributed by atoms with Crippen LogP contribution in [-0.2, 0) is 13.2 Å². The maximum Gasteiger partial charge on any atom is 0.418 e. The number of benzene rings is 1. The Kier molecular flexibility index (Phi) is 5.97. The molecular formula is C14H12BrF3N2O3. The van der Waals surface area contributed by atoms with Gasteiger partial charge in [-0.3, -0.25) is 4.79 Å². The minimum Gasteiger partial charge on any atom is -0.478 e. The molecule has 0 bridgehead atoms. The summed E-state index contributed by atoms with van der Waals surface area (Å²) in [4.78, 5) is 21.0. The molecule has 9 heteroatoms. The predicted octanol–water partition coefficient (Wildman–Crippen LogP) is 3.29. The standard InChI is InChI=1S/C7H6BrNO.C7H6F3NO2/c8-6-4-2-1-3-5(6)7(9)10;1-11-2-4(6(12)13)5(3-11)7(8,9)10/h1-4H,(H2,9,10);2-3H,1H3,(H,12,13). The molecule has 0 aliphatic heterocycles. The highest BCUT2D eigenvalue weighted by Crippen LogP contribution is 2.32. The van der Waals surface area contributed by atoms with Crippen molar-refractivity contribution >= 4 is 27.8 Å². The molecule has 0 radical (unpaired) electrons. The minimum atomic E-state index is -4.62. The zero-order chi connectivity index (χ0) is 17.8. The summed E-state index contributed by atoms with van der Waals surface area (Å²) in [6.45, 7) is 0. The Balaban J connectivity index is 0.000000238. The summed E-state index contributed by atoms with van der Waals surface area (Å²) < 4.78 is 38.2. The number of hydrogen-bond acceptors (Lipinski definition) is 2. The van der Waals surface area contributed by atoms with Crippen molar-refractivity contribution in [3.8, 4) is 0 Å². The lowest BCUT2D eigenvalue weighted by atomic mass is 10.2. The van der Waals surface area contributed by atoms with E-state index in [9.17, 15) is 22.8 Å². The molecule has 5 nitrogen and oxygen atoms in total. The Labute approximate surface area is 137 Å². The molecule has 1 aromatic carbocycles. The van der Waals surface area contributed by atoms with Crippen LogP contribution in [0, 0.1) is 0 Å². The van der Waals surface area contributed by atoms with Gasteiger partial charge >= 0.3 is 12.1 Å². The number of aromatic nitrogens is 1. The zero-order valence-electron chi connectivity index (χ0n) is 11.8. The summed E-state index contributed by atoms with van der Waals surface area (Å²) in [5, 5.41) is 8.43. The molecule has 0 aliphatic carbocycles. The lowest BCUT2D eigenvalue weighted by Gasteiger charge is -2.03. The summed E-state index contributed by atoms with van der Waals surface area (Å²) in [5.41, 5.74) is 3.71. The third-order valence-corrected chi connectivity index (χ3v) is 3.32. The van der Waals surface area contributed by atoms with Crippen molar-refractivity contribution in [3.63, 3.8) is 0 Å². The van der Waals surface area contributed by atoms with Crippen molar-refractivity contribution in [2.45, 2.75) is 6.18 Å². The van der Waals surface area contributed by atoms with Crippen LogP contribution in [-0.4, -0.2) is 21.6 Å². The van der Waals surface area contributed by atoms with E-state index < -0.39 is 29.2 Å². The van der Waals surface area contributed by atoms with E-state index in [4.69, 9.17) is 10.8 Å². The Bertz CT molecular complexity index is 726. The van der Waals surface area contributed by atoms with Gasteiger partial charge in [-0.15, -0.1) is 0 Å². The Morgan fingerprint density at radius 3 is 2.09 bits per heavy atom. The molecule has 3 N–H and O–H groups in total. The van der Waals surface area contributed by atoms with Crippen molar-refractivity contribution < 1.29 is 27.9 Å². The van der Waals surface area contributed by atoms with Crippen molar-refractivity contribution in [1.29, 1.82) is 0 Å². The molecule has 2 rings (SSSR count). The average Bonchev–Trinajstić information content (AvgIpc) is 2.82. The normalized spacial score (nSPS) is 10.7. The van der Waals surface area contributed by atoms with Crippen LogP contribution in [0.2, 0.25) is 0 Å². The molecule has 0 saturated carbocycles. The van der Waals surface area contributed by atoms with Gasteiger partial charge < -0.3 is 15.4 Å². The van der Waals surface area contributed by atoms with E-state index in [2.05, 4.69) is 15.9 Å². The number of halogens is 4. The number of amides is 1. The second-order valence-electron chi connectivity index (χ2n) is 4.40. The summed E-state index contributed by atoms with van der Waals surface area (Å²) in [6.07, 6.45) is -2.95. The van der Waals surface area contributed by atoms with Gasteiger partial charge in [-0.05, 0) is 28.1 Å². The maximum absolute atomic E-state index is 12.1. The highest BCUT2D eigenvalue weighted by Gasteiger charge is 2.36. The molecule has 124 valence electrons. The molecule has 2 aromatic rings. The lowest BCUT2D eigenvalue weighted by Crippen LogP contribution is -2.11. The number of carboxylic acids is 1. The van der Waals surface area contributed by atoms with Gasteiger partial charge in [0.15, 0.2) is 0 Å². The fraction of sp³-hybridized carbons (Fsp3) is 0.143. The smallest absolute Gasteiger partial charge is 0.418 e. The average molecular weight is 393 g/mol. The third kappa shape index (κ3) is 5.13. The maximum atomic E-state index is 12.1. The Morgan fingerprint density at radius 1 is 1.17 bits per heavy atom. The number of aromatic carboxylic acids is 1.